The zero-order chi connectivity index (χ0) is 8.55. The number of benzene rings is 1. The van der Waals surface area contributed by atoms with Gasteiger partial charge in [-0.05, 0) is 23.6 Å². The number of aromatic hydroxyl groups is 1. The first kappa shape index (κ1) is 7.37. The minimum Gasteiger partial charge on any atom is -0.508 e. The van der Waals surface area contributed by atoms with Gasteiger partial charge in [0.15, 0.2) is 0 Å². The van der Waals surface area contributed by atoms with Crippen LogP contribution < -0.4 is 5.73 Å². The molecule has 0 spiro atoms. The Morgan fingerprint density at radius 1 is 1.42 bits per heavy atom. The minimum atomic E-state index is 0.382. The number of rotatable bonds is 1. The largest absolute Gasteiger partial charge is 0.508 e. The van der Waals surface area contributed by atoms with Crippen molar-refractivity contribution in [1.29, 1.82) is 0 Å². The van der Waals surface area contributed by atoms with Crippen LogP contribution in [0.25, 0.3) is 5.57 Å². The molecule has 62 valence electrons. The van der Waals surface area contributed by atoms with E-state index >= 15 is 0 Å². The fourth-order valence-electron chi connectivity index (χ4n) is 1.62. The fourth-order valence-corrected chi connectivity index (χ4v) is 1.62. The molecule has 2 nitrogen and oxygen atoms in total. The summed E-state index contributed by atoms with van der Waals surface area (Å²) in [6, 6.07) is 5.57. The number of allylic oxidation sites excluding steroid dienone is 1. The normalized spacial score (nSPS) is 14.2. The molecule has 0 aliphatic heterocycles. The molecule has 0 radical (unpaired) electrons. The SMILES string of the molecule is NCC1=CCc2c(O)cccc21. The Hall–Kier alpha value is -1.28. The molecule has 1 aliphatic carbocycles. The number of hydrogen-bond donors (Lipinski definition) is 2. The van der Waals surface area contributed by atoms with Crippen molar-refractivity contribution in [2.75, 3.05) is 6.54 Å². The van der Waals surface area contributed by atoms with E-state index in [0.29, 0.717) is 12.3 Å². The summed E-state index contributed by atoms with van der Waals surface area (Å²) >= 11 is 0. The molecule has 0 saturated carbocycles. The molecule has 3 N–H and O–H groups in total. The Kier molecular flexibility index (Phi) is 1.62. The topological polar surface area (TPSA) is 46.2 Å². The lowest BCUT2D eigenvalue weighted by Crippen LogP contribution is -2.00. The number of fused-ring (bicyclic) bond motifs is 1. The molecule has 0 amide bonds. The zero-order valence-corrected chi connectivity index (χ0v) is 6.75. The molecule has 0 heterocycles. The predicted octanol–water partition coefficient (Wildman–Crippen LogP) is 1.29. The van der Waals surface area contributed by atoms with E-state index in [0.717, 1.165) is 23.1 Å². The van der Waals surface area contributed by atoms with E-state index < -0.39 is 0 Å². The molecule has 0 fully saturated rings. The summed E-state index contributed by atoms with van der Waals surface area (Å²) in [6.07, 6.45) is 2.89. The Labute approximate surface area is 71.3 Å². The van der Waals surface area contributed by atoms with Gasteiger partial charge in [-0.25, -0.2) is 0 Å². The van der Waals surface area contributed by atoms with Crippen molar-refractivity contribution in [2.24, 2.45) is 5.73 Å². The van der Waals surface area contributed by atoms with E-state index in [1.807, 2.05) is 12.1 Å². The molecule has 0 unspecified atom stereocenters. The van der Waals surface area contributed by atoms with Crippen molar-refractivity contribution in [2.45, 2.75) is 6.42 Å². The highest BCUT2D eigenvalue weighted by Crippen LogP contribution is 2.32. The van der Waals surface area contributed by atoms with Crippen LogP contribution in [0.1, 0.15) is 11.1 Å². The van der Waals surface area contributed by atoms with E-state index in [4.69, 9.17) is 5.73 Å². The molecule has 1 aliphatic rings. The van der Waals surface area contributed by atoms with Gasteiger partial charge in [0.2, 0.25) is 0 Å². The van der Waals surface area contributed by atoms with E-state index in [-0.39, 0.29) is 0 Å². The third kappa shape index (κ3) is 0.924. The van der Waals surface area contributed by atoms with E-state index in [1.165, 1.54) is 0 Å². The lowest BCUT2D eigenvalue weighted by molar-refractivity contribution is 0.470. The highest BCUT2D eigenvalue weighted by molar-refractivity contribution is 5.75. The summed E-state index contributed by atoms with van der Waals surface area (Å²) in [5.41, 5.74) is 8.81. The molecule has 2 heteroatoms. The van der Waals surface area contributed by atoms with Crippen molar-refractivity contribution in [1.82, 2.24) is 0 Å². The zero-order valence-electron chi connectivity index (χ0n) is 6.75. The van der Waals surface area contributed by atoms with Crippen LogP contribution in [0.3, 0.4) is 0 Å². The lowest BCUT2D eigenvalue weighted by atomic mass is 10.1. The highest BCUT2D eigenvalue weighted by atomic mass is 16.3. The summed E-state index contributed by atoms with van der Waals surface area (Å²) in [5, 5.41) is 9.47. The van der Waals surface area contributed by atoms with E-state index in [2.05, 4.69) is 6.08 Å². The average molecular weight is 161 g/mol. The van der Waals surface area contributed by atoms with Crippen molar-refractivity contribution in [3.05, 3.63) is 35.4 Å². The fraction of sp³-hybridized carbons (Fsp3) is 0.200. The van der Waals surface area contributed by atoms with Crippen LogP contribution >= 0.6 is 0 Å². The van der Waals surface area contributed by atoms with Crippen LogP contribution in [0.2, 0.25) is 0 Å². The molecule has 1 aromatic carbocycles. The maximum Gasteiger partial charge on any atom is 0.119 e. The number of phenols is 1. The number of hydrogen-bond acceptors (Lipinski definition) is 2. The second kappa shape index (κ2) is 2.64. The maximum absolute atomic E-state index is 9.47. The Morgan fingerprint density at radius 3 is 3.00 bits per heavy atom. The summed E-state index contributed by atoms with van der Waals surface area (Å²) in [5.74, 6) is 0.382. The van der Waals surface area contributed by atoms with Crippen LogP contribution in [-0.2, 0) is 6.42 Å². The first-order valence-electron chi connectivity index (χ1n) is 4.03. The molecule has 0 aromatic heterocycles. The standard InChI is InChI=1S/C10H11NO/c11-6-7-4-5-9-8(7)2-1-3-10(9)12/h1-4,12H,5-6,11H2. The van der Waals surface area contributed by atoms with E-state index in [9.17, 15) is 5.11 Å². The van der Waals surface area contributed by atoms with E-state index in [1.54, 1.807) is 6.07 Å². The molecule has 0 bridgehead atoms. The third-order valence-electron chi connectivity index (χ3n) is 2.27. The summed E-state index contributed by atoms with van der Waals surface area (Å²) in [6.45, 7) is 0.552. The summed E-state index contributed by atoms with van der Waals surface area (Å²) in [4.78, 5) is 0. The van der Waals surface area contributed by atoms with Crippen molar-refractivity contribution < 1.29 is 5.11 Å². The molecular weight excluding hydrogens is 150 g/mol. The average Bonchev–Trinajstić information content (AvgIpc) is 2.49. The van der Waals surface area contributed by atoms with Crippen LogP contribution in [0.15, 0.2) is 24.3 Å². The van der Waals surface area contributed by atoms with Crippen LogP contribution in [-0.4, -0.2) is 11.7 Å². The smallest absolute Gasteiger partial charge is 0.119 e. The van der Waals surface area contributed by atoms with Gasteiger partial charge < -0.3 is 10.8 Å². The van der Waals surface area contributed by atoms with Gasteiger partial charge in [-0.3, -0.25) is 0 Å². The molecule has 12 heavy (non-hydrogen) atoms. The Bertz CT molecular complexity index is 342. The third-order valence-corrected chi connectivity index (χ3v) is 2.27. The van der Waals surface area contributed by atoms with Gasteiger partial charge in [-0.2, -0.15) is 0 Å². The highest BCUT2D eigenvalue weighted by Gasteiger charge is 2.14. The quantitative estimate of drug-likeness (QED) is 0.652. The van der Waals surface area contributed by atoms with Gasteiger partial charge >= 0.3 is 0 Å². The van der Waals surface area contributed by atoms with Crippen molar-refractivity contribution in [3.63, 3.8) is 0 Å². The molecule has 0 atom stereocenters. The van der Waals surface area contributed by atoms with Gasteiger partial charge in [0.25, 0.3) is 0 Å². The number of phenolic OH excluding ortho intramolecular Hbond substituents is 1. The van der Waals surface area contributed by atoms with Crippen LogP contribution in [0.5, 0.6) is 5.75 Å². The molecule has 1 aromatic rings. The minimum absolute atomic E-state index is 0.382. The lowest BCUT2D eigenvalue weighted by Gasteiger charge is -2.03. The van der Waals surface area contributed by atoms with Crippen LogP contribution in [0, 0.1) is 0 Å². The number of nitrogens with two attached hydrogens (primary N) is 1. The van der Waals surface area contributed by atoms with Gasteiger partial charge in [0.05, 0.1) is 0 Å². The molecular formula is C10H11NO. The van der Waals surface area contributed by atoms with Crippen molar-refractivity contribution >= 4 is 5.57 Å². The van der Waals surface area contributed by atoms with Crippen molar-refractivity contribution in [3.8, 4) is 5.75 Å². The Morgan fingerprint density at radius 2 is 2.25 bits per heavy atom. The Balaban J connectivity index is 2.53. The summed E-state index contributed by atoms with van der Waals surface area (Å²) in [7, 11) is 0. The van der Waals surface area contributed by atoms with Gasteiger partial charge in [0.1, 0.15) is 5.75 Å². The van der Waals surface area contributed by atoms with Gasteiger partial charge in [-0.1, -0.05) is 18.2 Å². The van der Waals surface area contributed by atoms with Crippen LogP contribution in [0.4, 0.5) is 0 Å². The van der Waals surface area contributed by atoms with Gasteiger partial charge in [0, 0.05) is 12.1 Å². The summed E-state index contributed by atoms with van der Waals surface area (Å²) < 4.78 is 0. The second-order valence-corrected chi connectivity index (χ2v) is 2.94. The molecule has 0 saturated heterocycles. The van der Waals surface area contributed by atoms with Gasteiger partial charge in [-0.15, -0.1) is 0 Å². The maximum atomic E-state index is 9.47. The second-order valence-electron chi connectivity index (χ2n) is 2.94. The first-order chi connectivity index (χ1) is 5.83. The monoisotopic (exact) mass is 161 g/mol. The first-order valence-corrected chi connectivity index (χ1v) is 4.03. The molecule has 2 rings (SSSR count). The predicted molar refractivity (Wildman–Crippen MR) is 48.8 cm³/mol.